The highest BCUT2D eigenvalue weighted by Crippen LogP contribution is 2.33. The van der Waals surface area contributed by atoms with Gasteiger partial charge in [-0.05, 0) is 31.4 Å². The molecule has 0 atom stereocenters. The molecule has 1 aromatic heterocycles. The van der Waals surface area contributed by atoms with Crippen molar-refractivity contribution < 1.29 is 9.84 Å². The average molecular weight is 229 g/mol. The molecule has 3 nitrogen and oxygen atoms in total. The maximum absolute atomic E-state index is 10.0. The fourth-order valence-corrected chi connectivity index (χ4v) is 2.16. The first-order valence-electron chi connectivity index (χ1n) is 5.95. The molecule has 2 aromatic rings. The van der Waals surface area contributed by atoms with Crippen LogP contribution in [0.15, 0.2) is 36.7 Å². The van der Waals surface area contributed by atoms with Crippen LogP contribution in [0.25, 0.3) is 10.8 Å². The SMILES string of the molecule is OC1(COc2cccc3cnccc23)CCC1. The number of ether oxygens (including phenoxy) is 1. The lowest BCUT2D eigenvalue weighted by Crippen LogP contribution is -2.42. The third kappa shape index (κ3) is 1.98. The molecule has 3 rings (SSSR count). The van der Waals surface area contributed by atoms with Gasteiger partial charge in [0.05, 0.1) is 5.60 Å². The van der Waals surface area contributed by atoms with Crippen molar-refractivity contribution in [3.8, 4) is 5.75 Å². The van der Waals surface area contributed by atoms with Gasteiger partial charge in [-0.2, -0.15) is 0 Å². The number of benzene rings is 1. The van der Waals surface area contributed by atoms with E-state index in [2.05, 4.69) is 4.98 Å². The van der Waals surface area contributed by atoms with E-state index in [0.29, 0.717) is 6.61 Å². The number of aromatic nitrogens is 1. The Morgan fingerprint density at radius 2 is 2.18 bits per heavy atom. The molecule has 0 saturated heterocycles. The minimum Gasteiger partial charge on any atom is -0.490 e. The number of hydrogen-bond donors (Lipinski definition) is 1. The molecule has 0 bridgehead atoms. The summed E-state index contributed by atoms with van der Waals surface area (Å²) in [6, 6.07) is 7.83. The van der Waals surface area contributed by atoms with Crippen LogP contribution < -0.4 is 4.74 Å². The van der Waals surface area contributed by atoms with E-state index < -0.39 is 5.60 Å². The van der Waals surface area contributed by atoms with Gasteiger partial charge in [-0.3, -0.25) is 4.98 Å². The summed E-state index contributed by atoms with van der Waals surface area (Å²) in [6.45, 7) is 0.383. The molecule has 1 aromatic carbocycles. The van der Waals surface area contributed by atoms with E-state index in [9.17, 15) is 5.11 Å². The Morgan fingerprint density at radius 1 is 1.29 bits per heavy atom. The van der Waals surface area contributed by atoms with E-state index in [1.807, 2.05) is 30.5 Å². The third-order valence-electron chi connectivity index (χ3n) is 3.42. The smallest absolute Gasteiger partial charge is 0.127 e. The van der Waals surface area contributed by atoms with Gasteiger partial charge in [-0.15, -0.1) is 0 Å². The maximum Gasteiger partial charge on any atom is 0.127 e. The van der Waals surface area contributed by atoms with Crippen LogP contribution in [-0.2, 0) is 0 Å². The minimum atomic E-state index is -0.602. The fourth-order valence-electron chi connectivity index (χ4n) is 2.16. The number of nitrogens with zero attached hydrogens (tertiary/aromatic N) is 1. The largest absolute Gasteiger partial charge is 0.490 e. The Bertz CT molecular complexity index is 529. The zero-order valence-electron chi connectivity index (χ0n) is 9.60. The summed E-state index contributed by atoms with van der Waals surface area (Å²) >= 11 is 0. The predicted octanol–water partition coefficient (Wildman–Crippen LogP) is 2.53. The summed E-state index contributed by atoms with van der Waals surface area (Å²) in [4.78, 5) is 4.09. The quantitative estimate of drug-likeness (QED) is 0.879. The Hall–Kier alpha value is -1.61. The molecule has 1 N–H and O–H groups in total. The van der Waals surface area contributed by atoms with Crippen LogP contribution in [0.4, 0.5) is 0 Å². The van der Waals surface area contributed by atoms with Gasteiger partial charge in [0.2, 0.25) is 0 Å². The first kappa shape index (κ1) is 10.5. The van der Waals surface area contributed by atoms with E-state index in [1.165, 1.54) is 0 Å². The highest BCUT2D eigenvalue weighted by molar-refractivity contribution is 5.87. The first-order valence-corrected chi connectivity index (χ1v) is 5.95. The topological polar surface area (TPSA) is 42.4 Å². The molecule has 1 aliphatic rings. The van der Waals surface area contributed by atoms with Crippen LogP contribution in [0.3, 0.4) is 0 Å². The molecule has 88 valence electrons. The van der Waals surface area contributed by atoms with Gasteiger partial charge in [0.15, 0.2) is 0 Å². The molecule has 0 amide bonds. The third-order valence-corrected chi connectivity index (χ3v) is 3.42. The second-order valence-corrected chi connectivity index (χ2v) is 4.72. The second-order valence-electron chi connectivity index (χ2n) is 4.72. The molecule has 17 heavy (non-hydrogen) atoms. The van der Waals surface area contributed by atoms with Gasteiger partial charge in [0.25, 0.3) is 0 Å². The van der Waals surface area contributed by atoms with Gasteiger partial charge in [0, 0.05) is 23.2 Å². The van der Waals surface area contributed by atoms with Crippen LogP contribution in [0.2, 0.25) is 0 Å². The van der Waals surface area contributed by atoms with E-state index in [-0.39, 0.29) is 0 Å². The molecular weight excluding hydrogens is 214 g/mol. The minimum absolute atomic E-state index is 0.383. The second kappa shape index (κ2) is 4.00. The van der Waals surface area contributed by atoms with Gasteiger partial charge in [0.1, 0.15) is 12.4 Å². The van der Waals surface area contributed by atoms with Crippen molar-refractivity contribution in [2.75, 3.05) is 6.61 Å². The van der Waals surface area contributed by atoms with Gasteiger partial charge < -0.3 is 9.84 Å². The highest BCUT2D eigenvalue weighted by atomic mass is 16.5. The summed E-state index contributed by atoms with van der Waals surface area (Å²) in [7, 11) is 0. The Labute approximate surface area is 100 Å². The van der Waals surface area contributed by atoms with Crippen LogP contribution in [-0.4, -0.2) is 22.3 Å². The van der Waals surface area contributed by atoms with E-state index in [1.54, 1.807) is 6.20 Å². The van der Waals surface area contributed by atoms with Crippen molar-refractivity contribution in [3.05, 3.63) is 36.7 Å². The molecule has 3 heteroatoms. The lowest BCUT2D eigenvalue weighted by atomic mass is 9.81. The average Bonchev–Trinajstić information content (AvgIpc) is 2.34. The zero-order valence-corrected chi connectivity index (χ0v) is 9.60. The highest BCUT2D eigenvalue weighted by Gasteiger charge is 2.35. The van der Waals surface area contributed by atoms with E-state index in [4.69, 9.17) is 4.74 Å². The lowest BCUT2D eigenvalue weighted by Gasteiger charge is -2.36. The summed E-state index contributed by atoms with van der Waals surface area (Å²) in [5, 5.41) is 12.1. The van der Waals surface area contributed by atoms with E-state index >= 15 is 0 Å². The number of fused-ring (bicyclic) bond motifs is 1. The fraction of sp³-hybridized carbons (Fsp3) is 0.357. The van der Waals surface area contributed by atoms with Crippen molar-refractivity contribution in [1.82, 2.24) is 4.98 Å². The Kier molecular flexibility index (Phi) is 2.48. The van der Waals surface area contributed by atoms with Gasteiger partial charge in [-0.25, -0.2) is 0 Å². The van der Waals surface area contributed by atoms with Crippen molar-refractivity contribution in [3.63, 3.8) is 0 Å². The standard InChI is InChI=1S/C14H15NO2/c16-14(6-2-7-14)10-17-13-4-1-3-11-9-15-8-5-12(11)13/h1,3-5,8-9,16H,2,6-7,10H2. The lowest BCUT2D eigenvalue weighted by molar-refractivity contribution is -0.0660. The molecule has 1 aliphatic carbocycles. The van der Waals surface area contributed by atoms with Gasteiger partial charge in [-0.1, -0.05) is 12.1 Å². The van der Waals surface area contributed by atoms with Crippen molar-refractivity contribution in [2.24, 2.45) is 0 Å². The van der Waals surface area contributed by atoms with Crippen LogP contribution >= 0.6 is 0 Å². The zero-order chi connectivity index (χ0) is 11.7. The maximum atomic E-state index is 10.0. The summed E-state index contributed by atoms with van der Waals surface area (Å²) in [5.74, 6) is 0.824. The molecule has 0 unspecified atom stereocenters. The molecular formula is C14H15NO2. The summed E-state index contributed by atoms with van der Waals surface area (Å²) < 4.78 is 5.75. The number of pyridine rings is 1. The molecule has 1 fully saturated rings. The van der Waals surface area contributed by atoms with Crippen LogP contribution in [0.5, 0.6) is 5.75 Å². The van der Waals surface area contributed by atoms with Gasteiger partial charge >= 0.3 is 0 Å². The summed E-state index contributed by atoms with van der Waals surface area (Å²) in [6.07, 6.45) is 6.37. The molecule has 1 saturated carbocycles. The Morgan fingerprint density at radius 3 is 2.94 bits per heavy atom. The molecule has 0 radical (unpaired) electrons. The number of hydrogen-bond acceptors (Lipinski definition) is 3. The Balaban J connectivity index is 1.85. The molecule has 0 aliphatic heterocycles. The number of rotatable bonds is 3. The summed E-state index contributed by atoms with van der Waals surface area (Å²) in [5.41, 5.74) is -0.602. The molecule has 1 heterocycles. The van der Waals surface area contributed by atoms with Crippen molar-refractivity contribution in [1.29, 1.82) is 0 Å². The monoisotopic (exact) mass is 229 g/mol. The van der Waals surface area contributed by atoms with Crippen LogP contribution in [0.1, 0.15) is 19.3 Å². The number of aliphatic hydroxyl groups is 1. The van der Waals surface area contributed by atoms with Crippen molar-refractivity contribution >= 4 is 10.8 Å². The molecule has 0 spiro atoms. The van der Waals surface area contributed by atoms with Crippen molar-refractivity contribution in [2.45, 2.75) is 24.9 Å². The van der Waals surface area contributed by atoms with E-state index in [0.717, 1.165) is 35.8 Å². The first-order chi connectivity index (χ1) is 8.27. The normalized spacial score (nSPS) is 17.7. The predicted molar refractivity (Wildman–Crippen MR) is 66.0 cm³/mol. The van der Waals surface area contributed by atoms with Crippen LogP contribution in [0, 0.1) is 0 Å².